The molecule has 0 saturated heterocycles. The van der Waals surface area contributed by atoms with Crippen molar-refractivity contribution in [3.63, 3.8) is 0 Å². The summed E-state index contributed by atoms with van der Waals surface area (Å²) in [7, 11) is 0. The maximum absolute atomic E-state index is 14.0. The molecule has 0 N–H and O–H groups in total. The van der Waals surface area contributed by atoms with Gasteiger partial charge in [0.05, 0.1) is 6.10 Å². The molecule has 2 aromatic heterocycles. The molecule has 0 fully saturated rings. The van der Waals surface area contributed by atoms with Crippen molar-refractivity contribution < 1.29 is 18.3 Å². The number of aryl methyl sites for hydroxylation is 1. The van der Waals surface area contributed by atoms with Crippen LogP contribution in [0.3, 0.4) is 0 Å². The lowest BCUT2D eigenvalue weighted by Crippen LogP contribution is -2.11. The van der Waals surface area contributed by atoms with Crippen LogP contribution in [0.2, 0.25) is 0 Å². The van der Waals surface area contributed by atoms with E-state index in [-0.39, 0.29) is 17.7 Å². The molecule has 2 heterocycles. The molecule has 136 valence electrons. The molecule has 26 heavy (non-hydrogen) atoms. The molecule has 0 spiro atoms. The summed E-state index contributed by atoms with van der Waals surface area (Å²) < 4.78 is 41.6. The van der Waals surface area contributed by atoms with Gasteiger partial charge < -0.3 is 9.47 Å². The van der Waals surface area contributed by atoms with Gasteiger partial charge >= 0.3 is 0 Å². The number of aromatic nitrogens is 3. The van der Waals surface area contributed by atoms with Crippen LogP contribution < -0.4 is 9.47 Å². The SMILES string of the molecule is Cc1nn(-c2ccc(Br)cn2)c(OC(C)C)c1Oc1c(F)cccc1F. The Bertz CT molecular complexity index is 907. The highest BCUT2D eigenvalue weighted by molar-refractivity contribution is 9.10. The van der Waals surface area contributed by atoms with Gasteiger partial charge in [-0.1, -0.05) is 6.07 Å². The number of hydrogen-bond acceptors (Lipinski definition) is 4. The Balaban J connectivity index is 2.11. The largest absolute Gasteiger partial charge is 0.472 e. The highest BCUT2D eigenvalue weighted by Crippen LogP contribution is 2.38. The fourth-order valence-electron chi connectivity index (χ4n) is 2.27. The molecule has 0 atom stereocenters. The van der Waals surface area contributed by atoms with Gasteiger partial charge in [-0.05, 0) is 61.0 Å². The van der Waals surface area contributed by atoms with Crippen LogP contribution in [0.4, 0.5) is 8.78 Å². The molecule has 3 rings (SSSR count). The lowest BCUT2D eigenvalue weighted by molar-refractivity contribution is 0.216. The zero-order valence-electron chi connectivity index (χ0n) is 14.3. The maximum atomic E-state index is 14.0. The van der Waals surface area contributed by atoms with Gasteiger partial charge in [-0.15, -0.1) is 0 Å². The van der Waals surface area contributed by atoms with Gasteiger partial charge in [-0.25, -0.2) is 13.8 Å². The second-order valence-corrected chi connectivity index (χ2v) is 6.70. The summed E-state index contributed by atoms with van der Waals surface area (Å²) >= 11 is 3.33. The van der Waals surface area contributed by atoms with Gasteiger partial charge in [-0.3, -0.25) is 0 Å². The number of para-hydroxylation sites is 1. The number of ether oxygens (including phenoxy) is 2. The second kappa shape index (κ2) is 7.41. The van der Waals surface area contributed by atoms with Crippen LogP contribution in [-0.2, 0) is 0 Å². The monoisotopic (exact) mass is 423 g/mol. The first-order valence-electron chi connectivity index (χ1n) is 7.87. The molecule has 0 radical (unpaired) electrons. The Kier molecular flexibility index (Phi) is 5.22. The fourth-order valence-corrected chi connectivity index (χ4v) is 2.50. The van der Waals surface area contributed by atoms with Crippen molar-refractivity contribution in [2.45, 2.75) is 26.9 Å². The molecule has 0 aliphatic rings. The van der Waals surface area contributed by atoms with E-state index in [0.717, 1.165) is 16.6 Å². The molecule has 0 aliphatic heterocycles. The third-order valence-electron chi connectivity index (χ3n) is 3.36. The molecule has 5 nitrogen and oxygen atoms in total. The minimum atomic E-state index is -0.811. The lowest BCUT2D eigenvalue weighted by Gasteiger charge is -2.14. The topological polar surface area (TPSA) is 49.2 Å². The number of pyridine rings is 1. The van der Waals surface area contributed by atoms with Crippen molar-refractivity contribution >= 4 is 15.9 Å². The Labute approximate surface area is 157 Å². The summed E-state index contributed by atoms with van der Waals surface area (Å²) in [5.41, 5.74) is 0.410. The fraction of sp³-hybridized carbons (Fsp3) is 0.222. The van der Waals surface area contributed by atoms with Gasteiger partial charge in [0, 0.05) is 10.7 Å². The van der Waals surface area contributed by atoms with Gasteiger partial charge in [-0.2, -0.15) is 9.78 Å². The third-order valence-corrected chi connectivity index (χ3v) is 3.83. The first kappa shape index (κ1) is 18.3. The van der Waals surface area contributed by atoms with E-state index >= 15 is 0 Å². The Hall–Kier alpha value is -2.48. The van der Waals surface area contributed by atoms with Crippen LogP contribution in [-0.4, -0.2) is 20.9 Å². The average molecular weight is 424 g/mol. The molecule has 3 aromatic rings. The number of halogens is 3. The predicted octanol–water partition coefficient (Wildman–Crippen LogP) is 5.20. The van der Waals surface area contributed by atoms with E-state index in [1.165, 1.54) is 10.7 Å². The smallest absolute Gasteiger partial charge is 0.263 e. The molecular weight excluding hydrogens is 408 g/mol. The molecule has 1 aromatic carbocycles. The molecule has 0 amide bonds. The summed E-state index contributed by atoms with van der Waals surface area (Å²) in [6, 6.07) is 7.05. The van der Waals surface area contributed by atoms with E-state index in [0.29, 0.717) is 11.5 Å². The molecule has 0 saturated carbocycles. The third kappa shape index (κ3) is 3.70. The van der Waals surface area contributed by atoms with Crippen molar-refractivity contribution in [3.8, 4) is 23.2 Å². The molecule has 8 heteroatoms. The highest BCUT2D eigenvalue weighted by Gasteiger charge is 2.24. The standard InChI is InChI=1S/C18H16BrF2N3O2/c1-10(2)25-18-16(26-17-13(20)5-4-6-14(17)21)11(3)23-24(18)15-8-7-12(19)9-22-15/h4-10H,1-3H3. The highest BCUT2D eigenvalue weighted by atomic mass is 79.9. The average Bonchev–Trinajstić information content (AvgIpc) is 2.87. The van der Waals surface area contributed by atoms with E-state index in [2.05, 4.69) is 26.0 Å². The van der Waals surface area contributed by atoms with Crippen molar-refractivity contribution in [2.75, 3.05) is 0 Å². The first-order valence-corrected chi connectivity index (χ1v) is 8.66. The zero-order chi connectivity index (χ0) is 18.8. The van der Waals surface area contributed by atoms with Crippen molar-refractivity contribution in [3.05, 3.63) is 58.3 Å². The molecule has 0 aliphatic carbocycles. The minimum absolute atomic E-state index is 0.132. The van der Waals surface area contributed by atoms with Crippen LogP contribution in [0.5, 0.6) is 17.4 Å². The van der Waals surface area contributed by atoms with Crippen molar-refractivity contribution in [1.29, 1.82) is 0 Å². The van der Waals surface area contributed by atoms with E-state index < -0.39 is 17.4 Å². The summed E-state index contributed by atoms with van der Waals surface area (Å²) in [5.74, 6) is -1.30. The summed E-state index contributed by atoms with van der Waals surface area (Å²) in [6.07, 6.45) is 1.40. The van der Waals surface area contributed by atoms with Crippen LogP contribution in [0.25, 0.3) is 5.82 Å². The normalized spacial score (nSPS) is 11.0. The molecular formula is C18H16BrF2N3O2. The lowest BCUT2D eigenvalue weighted by atomic mass is 10.3. The maximum Gasteiger partial charge on any atom is 0.263 e. The van der Waals surface area contributed by atoms with Gasteiger partial charge in [0.2, 0.25) is 5.75 Å². The van der Waals surface area contributed by atoms with Gasteiger partial charge in [0.1, 0.15) is 5.69 Å². The van der Waals surface area contributed by atoms with Crippen molar-refractivity contribution in [1.82, 2.24) is 14.8 Å². The van der Waals surface area contributed by atoms with E-state index in [1.54, 1.807) is 25.3 Å². The summed E-state index contributed by atoms with van der Waals surface area (Å²) in [6.45, 7) is 5.32. The minimum Gasteiger partial charge on any atom is -0.472 e. The van der Waals surface area contributed by atoms with E-state index in [4.69, 9.17) is 9.47 Å². The molecule has 0 unspecified atom stereocenters. The Morgan fingerprint density at radius 1 is 1.08 bits per heavy atom. The van der Waals surface area contributed by atoms with Crippen LogP contribution in [0.1, 0.15) is 19.5 Å². The van der Waals surface area contributed by atoms with Crippen molar-refractivity contribution in [2.24, 2.45) is 0 Å². The van der Waals surface area contributed by atoms with Crippen LogP contribution >= 0.6 is 15.9 Å². The summed E-state index contributed by atoms with van der Waals surface area (Å²) in [5, 5.41) is 4.36. The van der Waals surface area contributed by atoms with Crippen LogP contribution in [0, 0.1) is 18.6 Å². The first-order chi connectivity index (χ1) is 12.4. The quantitative estimate of drug-likeness (QED) is 0.565. The Morgan fingerprint density at radius 3 is 2.35 bits per heavy atom. The predicted molar refractivity (Wildman–Crippen MR) is 96.0 cm³/mol. The zero-order valence-corrected chi connectivity index (χ0v) is 15.9. The number of benzene rings is 1. The Morgan fingerprint density at radius 2 is 1.77 bits per heavy atom. The van der Waals surface area contributed by atoms with E-state index in [1.807, 2.05) is 13.8 Å². The number of nitrogens with zero attached hydrogens (tertiary/aromatic N) is 3. The van der Waals surface area contributed by atoms with Crippen LogP contribution in [0.15, 0.2) is 41.0 Å². The van der Waals surface area contributed by atoms with Gasteiger partial charge in [0.25, 0.3) is 5.88 Å². The van der Waals surface area contributed by atoms with Gasteiger partial charge in [0.15, 0.2) is 23.2 Å². The summed E-state index contributed by atoms with van der Waals surface area (Å²) in [4.78, 5) is 4.28. The second-order valence-electron chi connectivity index (χ2n) is 5.79. The number of hydrogen-bond donors (Lipinski definition) is 0. The number of rotatable bonds is 5. The van der Waals surface area contributed by atoms with E-state index in [9.17, 15) is 8.78 Å². The molecule has 0 bridgehead atoms.